The summed E-state index contributed by atoms with van der Waals surface area (Å²) in [6, 6.07) is 9.26. The third kappa shape index (κ3) is 2.98. The molecule has 0 spiro atoms. The van der Waals surface area contributed by atoms with Gasteiger partial charge in [-0.05, 0) is 25.3 Å². The average molecular weight is 282 g/mol. The number of aliphatic hydroxyl groups is 1. The molecule has 1 aliphatic carbocycles. The number of rotatable bonds is 3. The van der Waals surface area contributed by atoms with Gasteiger partial charge < -0.3 is 9.29 Å². The van der Waals surface area contributed by atoms with E-state index in [1.54, 1.807) is 6.92 Å². The number of hydrogen-bond acceptors (Lipinski definition) is 4. The molecule has 1 aromatic rings. The Hall–Kier alpha value is -1.33. The van der Waals surface area contributed by atoms with Crippen molar-refractivity contribution in [3.8, 4) is 0 Å². The summed E-state index contributed by atoms with van der Waals surface area (Å²) in [6.07, 6.45) is 2.81. The molecule has 0 saturated carbocycles. The van der Waals surface area contributed by atoms with E-state index in [1.807, 2.05) is 30.3 Å². The molecular weight excluding hydrogens is 264 g/mol. The van der Waals surface area contributed by atoms with Crippen LogP contribution in [0.4, 0.5) is 0 Å². The Balaban J connectivity index is 2.44. The van der Waals surface area contributed by atoms with E-state index in [1.165, 1.54) is 0 Å². The Bertz CT molecular complexity index is 589. The molecule has 1 atom stereocenters. The van der Waals surface area contributed by atoms with Gasteiger partial charge in [-0.15, -0.1) is 0 Å². The summed E-state index contributed by atoms with van der Waals surface area (Å²) in [5.74, 6) is 0.361. The van der Waals surface area contributed by atoms with Crippen molar-refractivity contribution in [2.75, 3.05) is 6.26 Å². The van der Waals surface area contributed by atoms with E-state index in [-0.39, 0.29) is 0 Å². The smallest absolute Gasteiger partial charge is 0.305 e. The van der Waals surface area contributed by atoms with Gasteiger partial charge in [-0.1, -0.05) is 30.3 Å². The van der Waals surface area contributed by atoms with Crippen molar-refractivity contribution >= 4 is 10.1 Å². The zero-order valence-electron chi connectivity index (χ0n) is 11.1. The van der Waals surface area contributed by atoms with Crippen LogP contribution in [0.3, 0.4) is 0 Å². The maximum absolute atomic E-state index is 11.3. The molecule has 0 saturated heterocycles. The van der Waals surface area contributed by atoms with Gasteiger partial charge >= 0.3 is 10.1 Å². The second-order valence-electron chi connectivity index (χ2n) is 4.92. The van der Waals surface area contributed by atoms with Crippen LogP contribution in [0.1, 0.15) is 31.7 Å². The van der Waals surface area contributed by atoms with Crippen molar-refractivity contribution in [3.05, 3.63) is 47.2 Å². The molecule has 5 heteroatoms. The fraction of sp³-hybridized carbons (Fsp3) is 0.429. The lowest BCUT2D eigenvalue weighted by molar-refractivity contribution is 0.0507. The molecule has 2 rings (SSSR count). The van der Waals surface area contributed by atoms with E-state index < -0.39 is 15.7 Å². The molecule has 0 fully saturated rings. The SMILES string of the molecule is CC1=C(OS(C)(=O)=O)CCCC1(O)c1ccccc1. The van der Waals surface area contributed by atoms with Gasteiger partial charge in [0, 0.05) is 12.0 Å². The van der Waals surface area contributed by atoms with Gasteiger partial charge in [0.2, 0.25) is 0 Å². The minimum atomic E-state index is -3.56. The monoisotopic (exact) mass is 282 g/mol. The van der Waals surface area contributed by atoms with Gasteiger partial charge in [-0.25, -0.2) is 0 Å². The first-order valence-corrected chi connectivity index (χ1v) is 8.02. The Morgan fingerprint density at radius 3 is 2.47 bits per heavy atom. The van der Waals surface area contributed by atoms with E-state index in [0.717, 1.165) is 11.8 Å². The summed E-state index contributed by atoms with van der Waals surface area (Å²) < 4.78 is 27.5. The molecule has 1 aliphatic rings. The topological polar surface area (TPSA) is 63.6 Å². The highest BCUT2D eigenvalue weighted by Crippen LogP contribution is 2.41. The van der Waals surface area contributed by atoms with E-state index in [4.69, 9.17) is 4.18 Å². The zero-order chi connectivity index (χ0) is 14.1. The van der Waals surface area contributed by atoms with Gasteiger partial charge in [0.05, 0.1) is 6.26 Å². The van der Waals surface area contributed by atoms with Crippen LogP contribution in [-0.2, 0) is 19.9 Å². The molecule has 1 N–H and O–H groups in total. The van der Waals surface area contributed by atoms with Gasteiger partial charge in [0.25, 0.3) is 0 Å². The van der Waals surface area contributed by atoms with Crippen molar-refractivity contribution < 1.29 is 17.7 Å². The summed E-state index contributed by atoms with van der Waals surface area (Å²) in [6.45, 7) is 1.73. The molecule has 19 heavy (non-hydrogen) atoms. The fourth-order valence-electron chi connectivity index (χ4n) is 2.47. The van der Waals surface area contributed by atoms with Crippen LogP contribution in [0.15, 0.2) is 41.7 Å². The first kappa shape index (κ1) is 14.1. The molecule has 4 nitrogen and oxygen atoms in total. The fourth-order valence-corrected chi connectivity index (χ4v) is 3.05. The van der Waals surface area contributed by atoms with E-state index in [2.05, 4.69) is 0 Å². The van der Waals surface area contributed by atoms with Crippen molar-refractivity contribution in [1.29, 1.82) is 0 Å². The molecule has 1 aromatic carbocycles. The minimum absolute atomic E-state index is 0.361. The highest BCUT2D eigenvalue weighted by molar-refractivity contribution is 7.86. The third-order valence-corrected chi connectivity index (χ3v) is 3.99. The lowest BCUT2D eigenvalue weighted by atomic mass is 9.78. The standard InChI is InChI=1S/C14H18O4S/c1-11-13(18-19(2,16)17)9-6-10-14(11,15)12-7-4-3-5-8-12/h3-5,7-8,15H,6,9-10H2,1-2H3. The number of hydrogen-bond donors (Lipinski definition) is 1. The first-order chi connectivity index (χ1) is 8.83. The largest absolute Gasteiger partial charge is 0.387 e. The van der Waals surface area contributed by atoms with Gasteiger partial charge in [0.1, 0.15) is 11.4 Å². The summed E-state index contributed by atoms with van der Waals surface area (Å²) in [5, 5.41) is 10.8. The first-order valence-electron chi connectivity index (χ1n) is 6.20. The molecule has 0 heterocycles. The van der Waals surface area contributed by atoms with Crippen LogP contribution >= 0.6 is 0 Å². The second kappa shape index (κ2) is 4.98. The molecule has 0 aromatic heterocycles. The van der Waals surface area contributed by atoms with E-state index >= 15 is 0 Å². The third-order valence-electron chi connectivity index (χ3n) is 3.48. The Kier molecular flexibility index (Phi) is 3.69. The van der Waals surface area contributed by atoms with Crippen LogP contribution in [0, 0.1) is 0 Å². The normalized spacial score (nSPS) is 24.4. The molecule has 104 valence electrons. The van der Waals surface area contributed by atoms with E-state index in [9.17, 15) is 13.5 Å². The number of allylic oxidation sites excluding steroid dienone is 1. The van der Waals surface area contributed by atoms with Crippen molar-refractivity contribution in [1.82, 2.24) is 0 Å². The second-order valence-corrected chi connectivity index (χ2v) is 6.49. The molecule has 0 bridgehead atoms. The summed E-state index contributed by atoms with van der Waals surface area (Å²) in [4.78, 5) is 0. The maximum atomic E-state index is 11.3. The van der Waals surface area contributed by atoms with Crippen molar-refractivity contribution in [2.45, 2.75) is 31.8 Å². The Morgan fingerprint density at radius 1 is 1.26 bits per heavy atom. The predicted molar refractivity (Wildman–Crippen MR) is 72.8 cm³/mol. The molecule has 0 radical (unpaired) electrons. The lowest BCUT2D eigenvalue weighted by Crippen LogP contribution is -2.31. The van der Waals surface area contributed by atoms with Gasteiger partial charge in [-0.2, -0.15) is 8.42 Å². The molecule has 1 unspecified atom stereocenters. The predicted octanol–water partition coefficient (Wildman–Crippen LogP) is 2.31. The van der Waals surface area contributed by atoms with Crippen LogP contribution < -0.4 is 0 Å². The summed E-state index contributed by atoms with van der Waals surface area (Å²) >= 11 is 0. The Morgan fingerprint density at radius 2 is 1.89 bits per heavy atom. The zero-order valence-corrected chi connectivity index (χ0v) is 11.9. The summed E-state index contributed by atoms with van der Waals surface area (Å²) in [7, 11) is -3.56. The summed E-state index contributed by atoms with van der Waals surface area (Å²) in [5.41, 5.74) is 0.205. The van der Waals surface area contributed by atoms with E-state index in [0.29, 0.717) is 30.6 Å². The Labute approximate surface area is 113 Å². The quantitative estimate of drug-likeness (QED) is 0.864. The molecule has 0 aliphatic heterocycles. The van der Waals surface area contributed by atoms with Crippen LogP contribution in [0.25, 0.3) is 0 Å². The maximum Gasteiger partial charge on any atom is 0.305 e. The van der Waals surface area contributed by atoms with Crippen LogP contribution in [0.5, 0.6) is 0 Å². The number of benzene rings is 1. The lowest BCUT2D eigenvalue weighted by Gasteiger charge is -2.34. The minimum Gasteiger partial charge on any atom is -0.387 e. The molecule has 0 amide bonds. The average Bonchev–Trinajstić information content (AvgIpc) is 2.35. The van der Waals surface area contributed by atoms with Crippen molar-refractivity contribution in [2.24, 2.45) is 0 Å². The highest BCUT2D eigenvalue weighted by Gasteiger charge is 2.37. The molecular formula is C14H18O4S. The van der Waals surface area contributed by atoms with Crippen LogP contribution in [-0.4, -0.2) is 19.8 Å². The highest BCUT2D eigenvalue weighted by atomic mass is 32.2. The van der Waals surface area contributed by atoms with Crippen LogP contribution in [0.2, 0.25) is 0 Å². The van der Waals surface area contributed by atoms with Crippen molar-refractivity contribution in [3.63, 3.8) is 0 Å². The van der Waals surface area contributed by atoms with Gasteiger partial charge in [0.15, 0.2) is 0 Å². The van der Waals surface area contributed by atoms with Gasteiger partial charge in [-0.3, -0.25) is 0 Å².